The van der Waals surface area contributed by atoms with Gasteiger partial charge in [-0.2, -0.15) is 0 Å². The molecule has 0 bridgehead atoms. The van der Waals surface area contributed by atoms with Gasteiger partial charge in [0.15, 0.2) is 0 Å². The van der Waals surface area contributed by atoms with E-state index >= 15 is 0 Å². The lowest BCUT2D eigenvalue weighted by Crippen LogP contribution is -2.23. The number of amides is 1. The Morgan fingerprint density at radius 3 is 2.62 bits per heavy atom. The van der Waals surface area contributed by atoms with E-state index in [1.807, 2.05) is 31.2 Å². The highest BCUT2D eigenvalue weighted by molar-refractivity contribution is 7.09. The van der Waals surface area contributed by atoms with Gasteiger partial charge in [-0.1, -0.05) is 36.4 Å². The molecule has 1 amide bonds. The number of benzene rings is 2. The summed E-state index contributed by atoms with van der Waals surface area (Å²) >= 11 is 1.65. The number of aromatic nitrogens is 3. The third-order valence-corrected chi connectivity index (χ3v) is 5.23. The number of aryl methyl sites for hydroxylation is 1. The van der Waals surface area contributed by atoms with Crippen molar-refractivity contribution in [3.63, 3.8) is 0 Å². The van der Waals surface area contributed by atoms with E-state index in [0.717, 1.165) is 33.7 Å². The van der Waals surface area contributed by atoms with E-state index in [0.29, 0.717) is 12.2 Å². The molecule has 0 saturated carbocycles. The van der Waals surface area contributed by atoms with Crippen molar-refractivity contribution in [2.45, 2.75) is 13.3 Å². The summed E-state index contributed by atoms with van der Waals surface area (Å²) < 4.78 is 0. The third-order valence-electron chi connectivity index (χ3n) is 4.45. The van der Waals surface area contributed by atoms with Crippen molar-refractivity contribution in [3.05, 3.63) is 82.4 Å². The summed E-state index contributed by atoms with van der Waals surface area (Å²) in [6.07, 6.45) is 5.61. The van der Waals surface area contributed by atoms with E-state index in [2.05, 4.69) is 49.9 Å². The molecule has 144 valence electrons. The van der Waals surface area contributed by atoms with Crippen LogP contribution in [0.5, 0.6) is 0 Å². The first-order valence-electron chi connectivity index (χ1n) is 9.36. The Balaban J connectivity index is 1.28. The largest absolute Gasteiger partial charge is 0.352 e. The molecule has 2 aromatic carbocycles. The van der Waals surface area contributed by atoms with Crippen molar-refractivity contribution in [1.29, 1.82) is 0 Å². The van der Waals surface area contributed by atoms with Crippen LogP contribution in [0.25, 0.3) is 28.4 Å². The molecular weight excluding hydrogens is 380 g/mol. The molecule has 0 aliphatic carbocycles. The monoisotopic (exact) mass is 400 g/mol. The minimum atomic E-state index is -0.144. The van der Waals surface area contributed by atoms with Gasteiger partial charge in [0.25, 0.3) is 0 Å². The molecule has 2 heterocycles. The van der Waals surface area contributed by atoms with Crippen LogP contribution in [0, 0.1) is 6.92 Å². The van der Waals surface area contributed by atoms with Gasteiger partial charge in [-0.15, -0.1) is 11.3 Å². The van der Waals surface area contributed by atoms with Crippen LogP contribution in [-0.4, -0.2) is 27.4 Å². The van der Waals surface area contributed by atoms with Crippen LogP contribution in [0.2, 0.25) is 0 Å². The van der Waals surface area contributed by atoms with Gasteiger partial charge < -0.3 is 5.32 Å². The Morgan fingerprint density at radius 1 is 1.07 bits per heavy atom. The first-order chi connectivity index (χ1) is 14.2. The first kappa shape index (κ1) is 19.0. The van der Waals surface area contributed by atoms with Crippen LogP contribution in [0.15, 0.2) is 66.2 Å². The molecule has 5 nitrogen and oxygen atoms in total. The summed E-state index contributed by atoms with van der Waals surface area (Å²) in [5, 5.41) is 6.03. The number of hydrogen-bond donors (Lipinski definition) is 1. The lowest BCUT2D eigenvalue weighted by molar-refractivity contribution is -0.116. The first-order valence-corrected chi connectivity index (χ1v) is 10.2. The summed E-state index contributed by atoms with van der Waals surface area (Å²) in [5.41, 5.74) is 5.60. The molecule has 6 heteroatoms. The zero-order valence-corrected chi connectivity index (χ0v) is 16.8. The SMILES string of the molecule is Cc1nc(-c2ccc(CCNC(=O)/C=C/c3cnc4ccccc4n3)cc2)cs1. The summed E-state index contributed by atoms with van der Waals surface area (Å²) in [6, 6.07) is 16.0. The molecule has 2 aromatic heterocycles. The molecule has 0 saturated heterocycles. The van der Waals surface area contributed by atoms with Gasteiger partial charge in [0.2, 0.25) is 5.91 Å². The fraction of sp³-hybridized carbons (Fsp3) is 0.130. The van der Waals surface area contributed by atoms with Gasteiger partial charge in [-0.3, -0.25) is 9.78 Å². The minimum absolute atomic E-state index is 0.144. The Morgan fingerprint density at radius 2 is 1.86 bits per heavy atom. The number of thiazole rings is 1. The molecule has 0 fully saturated rings. The van der Waals surface area contributed by atoms with Gasteiger partial charge in [0, 0.05) is 23.6 Å². The second kappa shape index (κ2) is 8.75. The predicted octanol–water partition coefficient (Wildman–Crippen LogP) is 4.43. The van der Waals surface area contributed by atoms with Gasteiger partial charge in [-0.05, 0) is 37.1 Å². The predicted molar refractivity (Wildman–Crippen MR) is 118 cm³/mol. The van der Waals surface area contributed by atoms with E-state index in [1.165, 1.54) is 11.6 Å². The molecule has 0 unspecified atom stereocenters. The number of carbonyl (C=O) groups excluding carboxylic acids is 1. The van der Waals surface area contributed by atoms with E-state index in [4.69, 9.17) is 0 Å². The van der Waals surface area contributed by atoms with Crippen LogP contribution in [0.4, 0.5) is 0 Å². The highest BCUT2D eigenvalue weighted by Crippen LogP contribution is 2.21. The molecule has 1 N–H and O–H groups in total. The maximum atomic E-state index is 12.1. The lowest BCUT2D eigenvalue weighted by atomic mass is 10.1. The number of nitrogens with zero attached hydrogens (tertiary/aromatic N) is 3. The summed E-state index contributed by atoms with van der Waals surface area (Å²) in [4.78, 5) is 25.4. The maximum Gasteiger partial charge on any atom is 0.244 e. The number of para-hydroxylation sites is 2. The Kier molecular flexibility index (Phi) is 5.72. The smallest absolute Gasteiger partial charge is 0.244 e. The maximum absolute atomic E-state index is 12.1. The van der Waals surface area contributed by atoms with E-state index < -0.39 is 0 Å². The van der Waals surface area contributed by atoms with Gasteiger partial charge in [0.05, 0.1) is 33.6 Å². The molecule has 29 heavy (non-hydrogen) atoms. The van der Waals surface area contributed by atoms with Crippen LogP contribution in [-0.2, 0) is 11.2 Å². The zero-order chi connectivity index (χ0) is 20.1. The van der Waals surface area contributed by atoms with Crippen molar-refractivity contribution in [2.75, 3.05) is 6.54 Å². The highest BCUT2D eigenvalue weighted by atomic mass is 32.1. The quantitative estimate of drug-likeness (QED) is 0.486. The molecule has 0 aliphatic rings. The molecule has 4 aromatic rings. The fourth-order valence-electron chi connectivity index (χ4n) is 2.94. The normalized spacial score (nSPS) is 11.2. The Hall–Kier alpha value is -3.38. The second-order valence-electron chi connectivity index (χ2n) is 6.61. The summed E-state index contributed by atoms with van der Waals surface area (Å²) in [7, 11) is 0. The second-order valence-corrected chi connectivity index (χ2v) is 7.67. The minimum Gasteiger partial charge on any atom is -0.352 e. The molecule has 4 rings (SSSR count). The van der Waals surface area contributed by atoms with E-state index in [-0.39, 0.29) is 5.91 Å². The standard InChI is InChI=1S/C23H20N4OS/c1-16-26-22(15-29-16)18-8-6-17(7-9-18)12-13-24-23(28)11-10-19-14-25-20-4-2-3-5-21(20)27-19/h2-11,14-15H,12-13H2,1H3,(H,24,28)/b11-10+. The average molecular weight is 401 g/mol. The topological polar surface area (TPSA) is 67.8 Å². The average Bonchev–Trinajstić information content (AvgIpc) is 3.19. The number of fused-ring (bicyclic) bond motifs is 1. The van der Waals surface area contributed by atoms with Crippen molar-refractivity contribution < 1.29 is 4.79 Å². The van der Waals surface area contributed by atoms with Crippen molar-refractivity contribution in [3.8, 4) is 11.3 Å². The van der Waals surface area contributed by atoms with Crippen LogP contribution >= 0.6 is 11.3 Å². The van der Waals surface area contributed by atoms with Crippen LogP contribution < -0.4 is 5.32 Å². The number of hydrogen-bond acceptors (Lipinski definition) is 5. The molecular formula is C23H20N4OS. The van der Waals surface area contributed by atoms with E-state index in [1.54, 1.807) is 23.6 Å². The highest BCUT2D eigenvalue weighted by Gasteiger charge is 2.03. The van der Waals surface area contributed by atoms with Gasteiger partial charge >= 0.3 is 0 Å². The third kappa shape index (κ3) is 4.92. The number of carbonyl (C=O) groups is 1. The summed E-state index contributed by atoms with van der Waals surface area (Å²) in [6.45, 7) is 2.58. The van der Waals surface area contributed by atoms with Crippen molar-refractivity contribution in [2.24, 2.45) is 0 Å². The lowest BCUT2D eigenvalue weighted by Gasteiger charge is -2.04. The molecule has 0 aliphatic heterocycles. The summed E-state index contributed by atoms with van der Waals surface area (Å²) in [5.74, 6) is -0.144. The Bertz CT molecular complexity index is 1160. The Labute approximate surface area is 173 Å². The van der Waals surface area contributed by atoms with Crippen LogP contribution in [0.3, 0.4) is 0 Å². The molecule has 0 radical (unpaired) electrons. The molecule has 0 spiro atoms. The number of nitrogens with one attached hydrogen (secondary N) is 1. The van der Waals surface area contributed by atoms with Gasteiger partial charge in [0.1, 0.15) is 0 Å². The number of rotatable bonds is 6. The van der Waals surface area contributed by atoms with E-state index in [9.17, 15) is 4.79 Å². The van der Waals surface area contributed by atoms with Gasteiger partial charge in [-0.25, -0.2) is 9.97 Å². The zero-order valence-electron chi connectivity index (χ0n) is 16.0. The van der Waals surface area contributed by atoms with Crippen molar-refractivity contribution in [1.82, 2.24) is 20.3 Å². The van der Waals surface area contributed by atoms with Crippen molar-refractivity contribution >= 4 is 34.4 Å². The molecule has 0 atom stereocenters. The van der Waals surface area contributed by atoms with Crippen LogP contribution in [0.1, 0.15) is 16.3 Å². The fourth-order valence-corrected chi connectivity index (χ4v) is 3.56.